The first-order chi connectivity index (χ1) is 10.1. The van der Waals surface area contributed by atoms with Gasteiger partial charge in [0.1, 0.15) is 5.75 Å². The van der Waals surface area contributed by atoms with Gasteiger partial charge in [0, 0.05) is 24.2 Å². The van der Waals surface area contributed by atoms with E-state index in [1.54, 1.807) is 37.3 Å². The molecule has 1 saturated heterocycles. The molecule has 0 radical (unpaired) electrons. The second kappa shape index (κ2) is 7.11. The average Bonchev–Trinajstić information content (AvgIpc) is 2.91. The predicted octanol–water partition coefficient (Wildman–Crippen LogP) is 1.50. The summed E-state index contributed by atoms with van der Waals surface area (Å²) >= 11 is 5.98. The zero-order chi connectivity index (χ0) is 15.4. The summed E-state index contributed by atoms with van der Waals surface area (Å²) in [5.74, 6) is 0.574. The quantitative estimate of drug-likeness (QED) is 0.895. The number of aliphatic hydroxyl groups is 1. The molecule has 1 aromatic rings. The van der Waals surface area contributed by atoms with E-state index in [4.69, 9.17) is 21.1 Å². The van der Waals surface area contributed by atoms with Gasteiger partial charge in [0.25, 0.3) is 0 Å². The van der Waals surface area contributed by atoms with Crippen molar-refractivity contribution in [3.05, 3.63) is 28.8 Å². The summed E-state index contributed by atoms with van der Waals surface area (Å²) < 4.78 is 10.5. The van der Waals surface area contributed by atoms with Gasteiger partial charge >= 0.3 is 0 Å². The maximum Gasteiger partial charge on any atom is 0.227 e. The van der Waals surface area contributed by atoms with Gasteiger partial charge in [-0.1, -0.05) is 11.6 Å². The lowest BCUT2D eigenvalue weighted by Crippen LogP contribution is -2.39. The second-order valence-corrected chi connectivity index (χ2v) is 5.55. The number of hydrogen-bond donors (Lipinski definition) is 1. The standard InChI is InChI=1S/C15H20ClNO4/c1-20-13-7-12(9-18)17(8-13)15(19)6-10-5-11(16)3-4-14(10)21-2/h3-5,12-13,18H,6-9H2,1-2H3/t12-,13+/m0/s1. The van der Waals surface area contributed by atoms with Gasteiger partial charge in [-0.25, -0.2) is 0 Å². The molecule has 1 aliphatic rings. The molecule has 1 heterocycles. The molecule has 1 aromatic carbocycles. The minimum absolute atomic E-state index is 0.0210. The number of methoxy groups -OCH3 is 2. The highest BCUT2D eigenvalue weighted by Crippen LogP contribution is 2.26. The van der Waals surface area contributed by atoms with E-state index in [1.807, 2.05) is 0 Å². The van der Waals surface area contributed by atoms with Crippen molar-refractivity contribution in [2.24, 2.45) is 0 Å². The molecular weight excluding hydrogens is 294 g/mol. The average molecular weight is 314 g/mol. The smallest absolute Gasteiger partial charge is 0.227 e. The first-order valence-corrected chi connectivity index (χ1v) is 7.22. The third-order valence-electron chi connectivity index (χ3n) is 3.82. The first-order valence-electron chi connectivity index (χ1n) is 6.84. The van der Waals surface area contributed by atoms with E-state index in [1.165, 1.54) is 0 Å². The fourth-order valence-corrected chi connectivity index (χ4v) is 2.87. The lowest BCUT2D eigenvalue weighted by Gasteiger charge is -2.23. The van der Waals surface area contributed by atoms with Crippen molar-refractivity contribution in [1.82, 2.24) is 4.90 Å². The number of halogens is 1. The maximum atomic E-state index is 12.5. The highest BCUT2D eigenvalue weighted by molar-refractivity contribution is 6.30. The molecule has 1 N–H and O–H groups in total. The molecule has 0 unspecified atom stereocenters. The molecule has 1 amide bonds. The van der Waals surface area contributed by atoms with E-state index in [2.05, 4.69) is 0 Å². The Balaban J connectivity index is 2.12. The van der Waals surface area contributed by atoms with Crippen LogP contribution >= 0.6 is 11.6 Å². The van der Waals surface area contributed by atoms with E-state index in [0.717, 1.165) is 5.56 Å². The summed E-state index contributed by atoms with van der Waals surface area (Å²) in [7, 11) is 3.18. The van der Waals surface area contributed by atoms with E-state index in [0.29, 0.717) is 23.7 Å². The van der Waals surface area contributed by atoms with Gasteiger partial charge in [-0.2, -0.15) is 0 Å². The summed E-state index contributed by atoms with van der Waals surface area (Å²) in [5, 5.41) is 9.98. The zero-order valence-electron chi connectivity index (χ0n) is 12.2. The van der Waals surface area contributed by atoms with Crippen molar-refractivity contribution in [3.8, 4) is 5.75 Å². The lowest BCUT2D eigenvalue weighted by atomic mass is 10.1. The molecule has 1 fully saturated rings. The van der Waals surface area contributed by atoms with Crippen LogP contribution in [0.15, 0.2) is 18.2 Å². The Morgan fingerprint density at radius 2 is 2.24 bits per heavy atom. The summed E-state index contributed by atoms with van der Waals surface area (Å²) in [6.45, 7) is 0.446. The first kappa shape index (κ1) is 16.1. The van der Waals surface area contributed by atoms with Gasteiger partial charge in [0.05, 0.1) is 32.3 Å². The second-order valence-electron chi connectivity index (χ2n) is 5.11. The van der Waals surface area contributed by atoms with Crippen LogP contribution < -0.4 is 4.74 Å². The van der Waals surface area contributed by atoms with Gasteiger partial charge < -0.3 is 19.5 Å². The van der Waals surface area contributed by atoms with Crippen molar-refractivity contribution in [2.75, 3.05) is 27.4 Å². The number of hydrogen-bond acceptors (Lipinski definition) is 4. The van der Waals surface area contributed by atoms with Crippen molar-refractivity contribution in [3.63, 3.8) is 0 Å². The van der Waals surface area contributed by atoms with Crippen LogP contribution in [0.5, 0.6) is 5.75 Å². The summed E-state index contributed by atoms with van der Waals surface area (Å²) in [4.78, 5) is 14.2. The molecule has 0 bridgehead atoms. The molecule has 5 nitrogen and oxygen atoms in total. The number of ether oxygens (including phenoxy) is 2. The Hall–Kier alpha value is -1.30. The SMILES string of the molecule is COc1ccc(Cl)cc1CC(=O)N1C[C@H](OC)C[C@H]1CO. The van der Waals surface area contributed by atoms with E-state index < -0.39 is 0 Å². The summed E-state index contributed by atoms with van der Waals surface area (Å²) in [5.41, 5.74) is 0.743. The number of aliphatic hydroxyl groups excluding tert-OH is 1. The molecule has 0 saturated carbocycles. The molecule has 0 aromatic heterocycles. The van der Waals surface area contributed by atoms with Crippen molar-refractivity contribution >= 4 is 17.5 Å². The molecule has 116 valence electrons. The molecule has 6 heteroatoms. The maximum absolute atomic E-state index is 12.5. The monoisotopic (exact) mass is 313 g/mol. The largest absolute Gasteiger partial charge is 0.496 e. The zero-order valence-corrected chi connectivity index (χ0v) is 13.0. The number of nitrogens with zero attached hydrogens (tertiary/aromatic N) is 1. The van der Waals surface area contributed by atoms with Crippen LogP contribution in [0.1, 0.15) is 12.0 Å². The van der Waals surface area contributed by atoms with Gasteiger partial charge in [-0.15, -0.1) is 0 Å². The number of carbonyl (C=O) groups excluding carboxylic acids is 1. The van der Waals surface area contributed by atoms with E-state index in [-0.39, 0.29) is 31.1 Å². The Bertz CT molecular complexity index is 508. The van der Waals surface area contributed by atoms with Crippen LogP contribution in [0.4, 0.5) is 0 Å². The predicted molar refractivity (Wildman–Crippen MR) is 79.7 cm³/mol. The molecular formula is C15H20ClNO4. The van der Waals surface area contributed by atoms with Gasteiger partial charge in [-0.3, -0.25) is 4.79 Å². The highest BCUT2D eigenvalue weighted by Gasteiger charge is 2.34. The third kappa shape index (κ3) is 3.67. The Labute approximate surface area is 129 Å². The minimum Gasteiger partial charge on any atom is -0.496 e. The van der Waals surface area contributed by atoms with Crippen LogP contribution in [0.2, 0.25) is 5.02 Å². The van der Waals surface area contributed by atoms with Crippen molar-refractivity contribution < 1.29 is 19.4 Å². The summed E-state index contributed by atoms with van der Waals surface area (Å²) in [6, 6.07) is 5.02. The fourth-order valence-electron chi connectivity index (χ4n) is 2.67. The normalized spacial score (nSPS) is 21.6. The van der Waals surface area contributed by atoms with Gasteiger partial charge in [0.15, 0.2) is 0 Å². The minimum atomic E-state index is -0.187. The van der Waals surface area contributed by atoms with Crippen LogP contribution in [-0.2, 0) is 16.0 Å². The Kier molecular flexibility index (Phi) is 5.45. The van der Waals surface area contributed by atoms with Gasteiger partial charge in [-0.05, 0) is 24.6 Å². The van der Waals surface area contributed by atoms with Crippen LogP contribution in [0.3, 0.4) is 0 Å². The number of likely N-dealkylation sites (tertiary alicyclic amines) is 1. The highest BCUT2D eigenvalue weighted by atomic mass is 35.5. The van der Waals surface area contributed by atoms with Crippen LogP contribution in [0, 0.1) is 0 Å². The summed E-state index contributed by atoms with van der Waals surface area (Å²) in [6.07, 6.45) is 0.828. The molecule has 2 rings (SSSR count). The van der Waals surface area contributed by atoms with Crippen molar-refractivity contribution in [2.45, 2.75) is 25.0 Å². The lowest BCUT2D eigenvalue weighted by molar-refractivity contribution is -0.132. The van der Waals surface area contributed by atoms with Crippen molar-refractivity contribution in [1.29, 1.82) is 0 Å². The van der Waals surface area contributed by atoms with Crippen LogP contribution in [0.25, 0.3) is 0 Å². The van der Waals surface area contributed by atoms with E-state index >= 15 is 0 Å². The fraction of sp³-hybridized carbons (Fsp3) is 0.533. The van der Waals surface area contributed by atoms with Gasteiger partial charge in [0.2, 0.25) is 5.91 Å². The third-order valence-corrected chi connectivity index (χ3v) is 4.06. The van der Waals surface area contributed by atoms with E-state index in [9.17, 15) is 9.90 Å². The molecule has 1 aliphatic heterocycles. The number of amides is 1. The molecule has 0 spiro atoms. The van der Waals surface area contributed by atoms with Crippen LogP contribution in [-0.4, -0.2) is 55.4 Å². The molecule has 2 atom stereocenters. The molecule has 21 heavy (non-hydrogen) atoms. The topological polar surface area (TPSA) is 59.0 Å². The number of carbonyl (C=O) groups is 1. The molecule has 0 aliphatic carbocycles. The number of rotatable bonds is 5. The number of benzene rings is 1. The Morgan fingerprint density at radius 1 is 1.48 bits per heavy atom. The Morgan fingerprint density at radius 3 is 2.86 bits per heavy atom.